The van der Waals surface area contributed by atoms with Crippen molar-refractivity contribution in [1.29, 1.82) is 0 Å². The van der Waals surface area contributed by atoms with Crippen molar-refractivity contribution in [2.24, 2.45) is 0 Å². The minimum atomic E-state index is -0.323. The third-order valence-electron chi connectivity index (χ3n) is 6.75. The summed E-state index contributed by atoms with van der Waals surface area (Å²) < 4.78 is 6.49. The molecule has 0 saturated carbocycles. The monoisotopic (exact) mass is 370 g/mol. The molecule has 1 spiro atoms. The first-order chi connectivity index (χ1) is 14.3. The van der Waals surface area contributed by atoms with Crippen molar-refractivity contribution < 1.29 is 4.42 Å². The van der Waals surface area contributed by atoms with Gasteiger partial charge in [0, 0.05) is 16.5 Å². The van der Waals surface area contributed by atoms with Crippen LogP contribution in [0.15, 0.2) is 95.4 Å². The third-order valence-corrected chi connectivity index (χ3v) is 6.75. The highest BCUT2D eigenvalue weighted by Crippen LogP contribution is 2.64. The molecule has 29 heavy (non-hydrogen) atoms. The van der Waals surface area contributed by atoms with E-state index in [-0.39, 0.29) is 5.41 Å². The predicted octanol–water partition coefficient (Wildman–Crippen LogP) is 7.08. The van der Waals surface area contributed by atoms with E-state index in [1.807, 2.05) is 0 Å². The highest BCUT2D eigenvalue weighted by molar-refractivity contribution is 6.01. The smallest absolute Gasteiger partial charge is 0.140 e. The van der Waals surface area contributed by atoms with Crippen LogP contribution in [0.25, 0.3) is 33.4 Å². The Kier molecular flexibility index (Phi) is 2.68. The van der Waals surface area contributed by atoms with Crippen molar-refractivity contribution in [2.75, 3.05) is 0 Å². The van der Waals surface area contributed by atoms with Gasteiger partial charge in [-0.25, -0.2) is 0 Å². The highest BCUT2D eigenvalue weighted by atomic mass is 16.3. The van der Waals surface area contributed by atoms with Gasteiger partial charge in [0.15, 0.2) is 0 Å². The molecule has 4 aromatic carbocycles. The molecule has 0 aliphatic heterocycles. The Labute approximate surface area is 169 Å². The first-order valence-electron chi connectivity index (χ1n) is 10.1. The number of aryl methyl sites for hydroxylation is 1. The molecule has 1 nitrogen and oxygen atoms in total. The van der Waals surface area contributed by atoms with Crippen LogP contribution in [0, 0.1) is 6.92 Å². The minimum Gasteiger partial charge on any atom is -0.456 e. The average Bonchev–Trinajstić information content (AvgIpc) is 3.37. The van der Waals surface area contributed by atoms with Crippen molar-refractivity contribution in [3.8, 4) is 22.5 Å². The summed E-state index contributed by atoms with van der Waals surface area (Å²) in [4.78, 5) is 0. The van der Waals surface area contributed by atoms with Gasteiger partial charge in [-0.1, -0.05) is 90.5 Å². The van der Waals surface area contributed by atoms with E-state index in [1.54, 1.807) is 0 Å². The summed E-state index contributed by atoms with van der Waals surface area (Å²) in [5, 5.41) is 1.21. The van der Waals surface area contributed by atoms with Gasteiger partial charge in [0.1, 0.15) is 11.3 Å². The van der Waals surface area contributed by atoms with Gasteiger partial charge in [-0.15, -0.1) is 0 Å². The maximum Gasteiger partial charge on any atom is 0.140 e. The van der Waals surface area contributed by atoms with Gasteiger partial charge < -0.3 is 4.42 Å². The molecular formula is C28H18O. The van der Waals surface area contributed by atoms with Crippen LogP contribution < -0.4 is 0 Å². The van der Waals surface area contributed by atoms with Crippen LogP contribution in [0.1, 0.15) is 27.8 Å². The molecule has 0 unspecified atom stereocenters. The summed E-state index contributed by atoms with van der Waals surface area (Å²) in [6.45, 7) is 2.18. The van der Waals surface area contributed by atoms with Crippen molar-refractivity contribution >= 4 is 11.0 Å². The highest BCUT2D eigenvalue weighted by Gasteiger charge is 2.54. The summed E-state index contributed by atoms with van der Waals surface area (Å²) in [6.07, 6.45) is 0. The lowest BCUT2D eigenvalue weighted by atomic mass is 9.70. The zero-order valence-corrected chi connectivity index (χ0v) is 16.1. The molecule has 0 fully saturated rings. The molecule has 0 amide bonds. The first kappa shape index (κ1) is 15.4. The molecule has 0 N–H and O–H groups in total. The third kappa shape index (κ3) is 1.64. The number of rotatable bonds is 0. The fourth-order valence-corrected chi connectivity index (χ4v) is 5.70. The molecule has 7 rings (SSSR count). The molecule has 2 aliphatic carbocycles. The predicted molar refractivity (Wildman–Crippen MR) is 117 cm³/mol. The van der Waals surface area contributed by atoms with Crippen molar-refractivity contribution in [3.63, 3.8) is 0 Å². The zero-order chi connectivity index (χ0) is 19.2. The fourth-order valence-electron chi connectivity index (χ4n) is 5.70. The van der Waals surface area contributed by atoms with Crippen LogP contribution in [-0.4, -0.2) is 0 Å². The Balaban J connectivity index is 1.78. The normalized spacial score (nSPS) is 14.7. The molecule has 1 aromatic heterocycles. The SMILES string of the molecule is Cc1ccc2c(c1)C1(c3ccccc3-c3ccccc31)c1c-2oc2ccccc12. The Hall–Kier alpha value is -3.58. The number of para-hydroxylation sites is 1. The van der Waals surface area contributed by atoms with Crippen LogP contribution in [0.2, 0.25) is 0 Å². The maximum atomic E-state index is 6.49. The Morgan fingerprint density at radius 2 is 1.28 bits per heavy atom. The minimum absolute atomic E-state index is 0.323. The van der Waals surface area contributed by atoms with E-state index in [1.165, 1.54) is 49.9 Å². The van der Waals surface area contributed by atoms with E-state index in [0.29, 0.717) is 0 Å². The van der Waals surface area contributed by atoms with Crippen LogP contribution in [0.4, 0.5) is 0 Å². The number of hydrogen-bond acceptors (Lipinski definition) is 1. The Morgan fingerprint density at radius 3 is 2.03 bits per heavy atom. The van der Waals surface area contributed by atoms with Gasteiger partial charge in [0.2, 0.25) is 0 Å². The molecule has 136 valence electrons. The Bertz CT molecular complexity index is 1420. The molecular weight excluding hydrogens is 352 g/mol. The number of benzene rings is 4. The van der Waals surface area contributed by atoms with Crippen molar-refractivity contribution in [1.82, 2.24) is 0 Å². The topological polar surface area (TPSA) is 13.1 Å². The van der Waals surface area contributed by atoms with Crippen LogP contribution in [0.3, 0.4) is 0 Å². The van der Waals surface area contributed by atoms with Gasteiger partial charge in [-0.05, 0) is 40.8 Å². The summed E-state index contributed by atoms with van der Waals surface area (Å²) >= 11 is 0. The summed E-state index contributed by atoms with van der Waals surface area (Å²) in [7, 11) is 0. The zero-order valence-electron chi connectivity index (χ0n) is 16.1. The van der Waals surface area contributed by atoms with E-state index in [4.69, 9.17) is 4.42 Å². The van der Waals surface area contributed by atoms with Gasteiger partial charge in [-0.3, -0.25) is 0 Å². The molecule has 1 heteroatoms. The van der Waals surface area contributed by atoms with Crippen molar-refractivity contribution in [3.05, 3.63) is 119 Å². The first-order valence-corrected chi connectivity index (χ1v) is 10.1. The van der Waals surface area contributed by atoms with E-state index in [0.717, 1.165) is 11.3 Å². The lowest BCUT2D eigenvalue weighted by molar-refractivity contribution is 0.628. The fraction of sp³-hybridized carbons (Fsp3) is 0.0714. The molecule has 1 heterocycles. The largest absolute Gasteiger partial charge is 0.456 e. The quantitative estimate of drug-likeness (QED) is 0.278. The summed E-state index contributed by atoms with van der Waals surface area (Å²) in [5.41, 5.74) is 11.1. The van der Waals surface area contributed by atoms with E-state index >= 15 is 0 Å². The molecule has 2 aliphatic rings. The van der Waals surface area contributed by atoms with Crippen LogP contribution >= 0.6 is 0 Å². The molecule has 0 saturated heterocycles. The second-order valence-corrected chi connectivity index (χ2v) is 8.19. The van der Waals surface area contributed by atoms with Gasteiger partial charge in [0.25, 0.3) is 0 Å². The van der Waals surface area contributed by atoms with Gasteiger partial charge in [0.05, 0.1) is 5.41 Å². The summed E-state index contributed by atoms with van der Waals surface area (Å²) in [6, 6.07) is 33.0. The van der Waals surface area contributed by atoms with Crippen LogP contribution in [-0.2, 0) is 5.41 Å². The van der Waals surface area contributed by atoms with E-state index in [2.05, 4.69) is 97.9 Å². The van der Waals surface area contributed by atoms with Crippen LogP contribution in [0.5, 0.6) is 0 Å². The standard InChI is InChI=1S/C28H18O/c1-17-14-15-20-24(16-17)28(26-21-10-4-7-13-25(21)29-27(20)26)22-11-5-2-8-18(22)19-9-3-6-12-23(19)28/h2-16H,1H3. The molecule has 0 bridgehead atoms. The van der Waals surface area contributed by atoms with Gasteiger partial charge in [-0.2, -0.15) is 0 Å². The second-order valence-electron chi connectivity index (χ2n) is 8.19. The molecule has 0 radical (unpaired) electrons. The van der Waals surface area contributed by atoms with E-state index in [9.17, 15) is 0 Å². The average molecular weight is 370 g/mol. The Morgan fingerprint density at radius 1 is 0.621 bits per heavy atom. The second kappa shape index (κ2) is 5.07. The lowest BCUT2D eigenvalue weighted by Gasteiger charge is -2.30. The number of furan rings is 1. The van der Waals surface area contributed by atoms with Gasteiger partial charge >= 0.3 is 0 Å². The maximum absolute atomic E-state index is 6.49. The number of fused-ring (bicyclic) bond motifs is 12. The van der Waals surface area contributed by atoms with Crippen molar-refractivity contribution in [2.45, 2.75) is 12.3 Å². The number of hydrogen-bond donors (Lipinski definition) is 0. The lowest BCUT2D eigenvalue weighted by Crippen LogP contribution is -2.25. The molecule has 5 aromatic rings. The summed E-state index contributed by atoms with van der Waals surface area (Å²) in [5.74, 6) is 1.02. The van der Waals surface area contributed by atoms with E-state index < -0.39 is 0 Å². The molecule has 0 atom stereocenters.